The third kappa shape index (κ3) is 2.87. The van der Waals surface area contributed by atoms with E-state index in [1.807, 2.05) is 0 Å². The Balaban J connectivity index is 1.89. The molecule has 1 unspecified atom stereocenters. The molecule has 1 saturated carbocycles. The number of aliphatic hydroxyl groups excluding tert-OH is 1. The van der Waals surface area contributed by atoms with Crippen LogP contribution in [-0.2, 0) is 0 Å². The lowest BCUT2D eigenvalue weighted by molar-refractivity contribution is 0.162. The van der Waals surface area contributed by atoms with Gasteiger partial charge < -0.3 is 10.4 Å². The van der Waals surface area contributed by atoms with Gasteiger partial charge in [-0.05, 0) is 36.8 Å². The van der Waals surface area contributed by atoms with Crippen molar-refractivity contribution in [2.24, 2.45) is 5.41 Å². The summed E-state index contributed by atoms with van der Waals surface area (Å²) in [5.74, 6) is -1.39. The monoisotopic (exact) mass is 255 g/mol. The summed E-state index contributed by atoms with van der Waals surface area (Å²) in [4.78, 5) is 0. The summed E-state index contributed by atoms with van der Waals surface area (Å²) >= 11 is 0. The highest BCUT2D eigenvalue weighted by molar-refractivity contribution is 5.22. The minimum absolute atomic E-state index is 0.180. The fraction of sp³-hybridized carbons (Fsp3) is 0.571. The van der Waals surface area contributed by atoms with Crippen LogP contribution < -0.4 is 5.32 Å². The number of halogens is 2. The Hall–Kier alpha value is -1.00. The van der Waals surface area contributed by atoms with E-state index in [9.17, 15) is 13.9 Å². The van der Waals surface area contributed by atoms with Crippen LogP contribution in [0.4, 0.5) is 8.78 Å². The first kappa shape index (κ1) is 13.4. The van der Waals surface area contributed by atoms with Gasteiger partial charge in [0.05, 0.1) is 11.7 Å². The van der Waals surface area contributed by atoms with Crippen LogP contribution in [-0.4, -0.2) is 18.2 Å². The summed E-state index contributed by atoms with van der Waals surface area (Å²) in [6.07, 6.45) is 2.35. The normalized spacial score (nSPS) is 18.7. The van der Waals surface area contributed by atoms with Crippen molar-refractivity contribution < 1.29 is 13.9 Å². The molecular formula is C14H19F2NO. The molecule has 18 heavy (non-hydrogen) atoms. The molecule has 1 aromatic carbocycles. The Morgan fingerprint density at radius 1 is 1.33 bits per heavy atom. The average molecular weight is 255 g/mol. The largest absolute Gasteiger partial charge is 0.387 e. The molecule has 4 heteroatoms. The maximum atomic E-state index is 13.4. The minimum Gasteiger partial charge on any atom is -0.387 e. The molecule has 0 amide bonds. The van der Waals surface area contributed by atoms with Crippen molar-refractivity contribution in [3.05, 3.63) is 35.4 Å². The van der Waals surface area contributed by atoms with Crippen LogP contribution in [0.2, 0.25) is 0 Å². The molecule has 0 bridgehead atoms. The van der Waals surface area contributed by atoms with Crippen LogP contribution in [0.3, 0.4) is 0 Å². The van der Waals surface area contributed by atoms with Crippen LogP contribution >= 0.6 is 0 Å². The van der Waals surface area contributed by atoms with Crippen molar-refractivity contribution >= 4 is 0 Å². The van der Waals surface area contributed by atoms with Gasteiger partial charge in [0.2, 0.25) is 0 Å². The van der Waals surface area contributed by atoms with Crippen LogP contribution in [0, 0.1) is 17.0 Å². The highest BCUT2D eigenvalue weighted by Crippen LogP contribution is 2.47. The van der Waals surface area contributed by atoms with E-state index in [1.165, 1.54) is 18.9 Å². The van der Waals surface area contributed by atoms with Gasteiger partial charge >= 0.3 is 0 Å². The van der Waals surface area contributed by atoms with Crippen LogP contribution in [0.25, 0.3) is 0 Å². The van der Waals surface area contributed by atoms with E-state index in [4.69, 9.17) is 0 Å². The predicted octanol–water partition coefficient (Wildman–Crippen LogP) is 2.78. The number of benzene rings is 1. The lowest BCUT2D eigenvalue weighted by Gasteiger charge is -2.17. The molecule has 1 atom stereocenters. The Bertz CT molecular complexity index is 398. The maximum absolute atomic E-state index is 13.4. The van der Waals surface area contributed by atoms with Crippen molar-refractivity contribution in [3.8, 4) is 0 Å². The maximum Gasteiger partial charge on any atom is 0.131 e. The zero-order valence-electron chi connectivity index (χ0n) is 10.5. The van der Waals surface area contributed by atoms with Crippen molar-refractivity contribution in [1.29, 1.82) is 0 Å². The molecule has 1 aliphatic carbocycles. The SMILES string of the molecule is CCC1(CNCC(O)c2c(F)cccc2F)CC1. The molecular weight excluding hydrogens is 236 g/mol. The van der Waals surface area contributed by atoms with Crippen molar-refractivity contribution in [2.75, 3.05) is 13.1 Å². The Kier molecular flexibility index (Phi) is 3.97. The fourth-order valence-electron chi connectivity index (χ4n) is 2.24. The second-order valence-electron chi connectivity index (χ2n) is 5.14. The van der Waals surface area contributed by atoms with Crippen molar-refractivity contribution in [3.63, 3.8) is 0 Å². The summed E-state index contributed by atoms with van der Waals surface area (Å²) in [5, 5.41) is 12.9. The molecule has 0 saturated heterocycles. The highest BCUT2D eigenvalue weighted by Gasteiger charge is 2.40. The van der Waals surface area contributed by atoms with E-state index in [0.29, 0.717) is 5.41 Å². The molecule has 0 aromatic heterocycles. The third-order valence-corrected chi connectivity index (χ3v) is 3.88. The van der Waals surface area contributed by atoms with Gasteiger partial charge in [-0.3, -0.25) is 0 Å². The van der Waals surface area contributed by atoms with Gasteiger partial charge in [-0.25, -0.2) is 8.78 Å². The van der Waals surface area contributed by atoms with E-state index in [1.54, 1.807) is 0 Å². The minimum atomic E-state index is -1.14. The Morgan fingerprint density at radius 2 is 1.94 bits per heavy atom. The van der Waals surface area contributed by atoms with Gasteiger partial charge in [-0.2, -0.15) is 0 Å². The summed E-state index contributed by atoms with van der Waals surface area (Å²) < 4.78 is 26.8. The van der Waals surface area contributed by atoms with Crippen LogP contribution in [0.15, 0.2) is 18.2 Å². The zero-order valence-corrected chi connectivity index (χ0v) is 10.5. The first-order valence-electron chi connectivity index (χ1n) is 6.41. The first-order valence-corrected chi connectivity index (χ1v) is 6.41. The molecule has 2 nitrogen and oxygen atoms in total. The van der Waals surface area contributed by atoms with E-state index in [-0.39, 0.29) is 12.1 Å². The van der Waals surface area contributed by atoms with Crippen LogP contribution in [0.1, 0.15) is 37.9 Å². The first-order chi connectivity index (χ1) is 8.58. The standard InChI is InChI=1S/C14H19F2NO/c1-2-14(6-7-14)9-17-8-12(18)13-10(15)4-3-5-11(13)16/h3-5,12,17-18H,2,6-9H2,1H3. The summed E-state index contributed by atoms with van der Waals surface area (Å²) in [6, 6.07) is 3.62. The van der Waals surface area contributed by atoms with E-state index >= 15 is 0 Å². The average Bonchev–Trinajstić information content (AvgIpc) is 3.09. The van der Waals surface area contributed by atoms with E-state index < -0.39 is 17.7 Å². The summed E-state index contributed by atoms with van der Waals surface area (Å²) in [7, 11) is 0. The number of hydrogen-bond acceptors (Lipinski definition) is 2. The summed E-state index contributed by atoms with van der Waals surface area (Å²) in [5.41, 5.74) is 0.111. The number of hydrogen-bond donors (Lipinski definition) is 2. The Morgan fingerprint density at radius 3 is 2.44 bits per heavy atom. The van der Waals surface area contributed by atoms with E-state index in [2.05, 4.69) is 12.2 Å². The quantitative estimate of drug-likeness (QED) is 0.819. The molecule has 0 radical (unpaired) electrons. The van der Waals surface area contributed by atoms with E-state index in [0.717, 1.165) is 25.1 Å². The lowest BCUT2D eigenvalue weighted by atomic mass is 10.0. The molecule has 2 N–H and O–H groups in total. The second-order valence-corrected chi connectivity index (χ2v) is 5.14. The van der Waals surface area contributed by atoms with Gasteiger partial charge in [0.15, 0.2) is 0 Å². The molecule has 0 heterocycles. The highest BCUT2D eigenvalue weighted by atomic mass is 19.1. The Labute approximate surface area is 106 Å². The van der Waals surface area contributed by atoms with Gasteiger partial charge in [0.25, 0.3) is 0 Å². The predicted molar refractivity (Wildman–Crippen MR) is 66.1 cm³/mol. The topological polar surface area (TPSA) is 32.3 Å². The van der Waals surface area contributed by atoms with Gasteiger partial charge in [0.1, 0.15) is 11.6 Å². The lowest BCUT2D eigenvalue weighted by Crippen LogP contribution is -2.28. The zero-order chi connectivity index (χ0) is 13.2. The smallest absolute Gasteiger partial charge is 0.131 e. The second kappa shape index (κ2) is 5.33. The van der Waals surface area contributed by atoms with Crippen molar-refractivity contribution in [1.82, 2.24) is 5.32 Å². The fourth-order valence-corrected chi connectivity index (χ4v) is 2.24. The molecule has 0 aliphatic heterocycles. The van der Waals surface area contributed by atoms with Gasteiger partial charge in [0, 0.05) is 13.1 Å². The number of aliphatic hydroxyl groups is 1. The molecule has 2 rings (SSSR count). The number of rotatable bonds is 6. The van der Waals surface area contributed by atoms with Gasteiger partial charge in [-0.1, -0.05) is 13.0 Å². The molecule has 1 aromatic rings. The molecule has 0 spiro atoms. The molecule has 100 valence electrons. The van der Waals surface area contributed by atoms with Gasteiger partial charge in [-0.15, -0.1) is 0 Å². The van der Waals surface area contributed by atoms with Crippen LogP contribution in [0.5, 0.6) is 0 Å². The molecule has 1 fully saturated rings. The molecule has 1 aliphatic rings. The third-order valence-electron chi connectivity index (χ3n) is 3.88. The summed E-state index contributed by atoms with van der Waals surface area (Å²) in [6.45, 7) is 3.12. The van der Waals surface area contributed by atoms with Crippen molar-refractivity contribution in [2.45, 2.75) is 32.3 Å². The number of nitrogens with one attached hydrogen (secondary N) is 1.